The van der Waals surface area contributed by atoms with Gasteiger partial charge in [0.05, 0.1) is 4.92 Å². The predicted octanol–water partition coefficient (Wildman–Crippen LogP) is 2.51. The third-order valence-corrected chi connectivity index (χ3v) is 2.71. The van der Waals surface area contributed by atoms with Gasteiger partial charge in [0.1, 0.15) is 0 Å². The molecule has 1 aromatic heterocycles. The summed E-state index contributed by atoms with van der Waals surface area (Å²) >= 11 is 0. The van der Waals surface area contributed by atoms with Crippen molar-refractivity contribution in [3.8, 4) is 0 Å². The van der Waals surface area contributed by atoms with Crippen LogP contribution in [0.15, 0.2) is 30.5 Å². The second kappa shape index (κ2) is 3.92. The Kier molecular flexibility index (Phi) is 2.60. The number of rotatable bonds is 3. The molecule has 0 atom stereocenters. The van der Waals surface area contributed by atoms with E-state index in [0.717, 1.165) is 12.8 Å². The van der Waals surface area contributed by atoms with Gasteiger partial charge < -0.3 is 5.32 Å². The molecule has 1 heterocycles. The standard InChI is InChI=1S/C11H13N3O2/c1-11(6-2-3-7-11)13-10-9(14(15)16)5-4-8-12-10/h2-5,8H,6-7H2,1H3,(H,12,13). The smallest absolute Gasteiger partial charge is 0.311 e. The number of anilines is 1. The molecule has 0 unspecified atom stereocenters. The molecule has 1 aliphatic carbocycles. The van der Waals surface area contributed by atoms with Crippen LogP contribution in [-0.2, 0) is 0 Å². The van der Waals surface area contributed by atoms with E-state index in [4.69, 9.17) is 0 Å². The third-order valence-electron chi connectivity index (χ3n) is 2.71. The Bertz CT molecular complexity index is 435. The van der Waals surface area contributed by atoms with Gasteiger partial charge in [-0.05, 0) is 25.8 Å². The van der Waals surface area contributed by atoms with Gasteiger partial charge >= 0.3 is 5.69 Å². The first-order valence-corrected chi connectivity index (χ1v) is 5.13. The van der Waals surface area contributed by atoms with Crippen LogP contribution in [0, 0.1) is 10.1 Å². The lowest BCUT2D eigenvalue weighted by Crippen LogP contribution is -2.32. The van der Waals surface area contributed by atoms with Crippen molar-refractivity contribution in [2.75, 3.05) is 5.32 Å². The van der Waals surface area contributed by atoms with Gasteiger partial charge in [-0.3, -0.25) is 10.1 Å². The van der Waals surface area contributed by atoms with Crippen molar-refractivity contribution in [2.45, 2.75) is 25.3 Å². The fourth-order valence-electron chi connectivity index (χ4n) is 1.80. The SMILES string of the molecule is CC1(Nc2ncccc2[N+](=O)[O-])CC=CC1. The number of pyridine rings is 1. The zero-order valence-electron chi connectivity index (χ0n) is 9.01. The average Bonchev–Trinajstić information content (AvgIpc) is 2.65. The van der Waals surface area contributed by atoms with Crippen LogP contribution in [0.3, 0.4) is 0 Å². The maximum absolute atomic E-state index is 10.8. The number of hydrogen-bond acceptors (Lipinski definition) is 4. The van der Waals surface area contributed by atoms with E-state index < -0.39 is 4.92 Å². The number of aromatic nitrogens is 1. The van der Waals surface area contributed by atoms with Crippen molar-refractivity contribution in [3.63, 3.8) is 0 Å². The van der Waals surface area contributed by atoms with Crippen LogP contribution >= 0.6 is 0 Å². The average molecular weight is 219 g/mol. The van der Waals surface area contributed by atoms with E-state index >= 15 is 0 Å². The van der Waals surface area contributed by atoms with Gasteiger partial charge in [-0.15, -0.1) is 0 Å². The number of nitrogens with zero attached hydrogens (tertiary/aromatic N) is 2. The molecule has 0 saturated carbocycles. The topological polar surface area (TPSA) is 68.1 Å². The summed E-state index contributed by atoms with van der Waals surface area (Å²) in [6.07, 6.45) is 7.42. The van der Waals surface area contributed by atoms with Crippen LogP contribution in [0.25, 0.3) is 0 Å². The van der Waals surface area contributed by atoms with Crippen molar-refractivity contribution in [1.82, 2.24) is 4.98 Å². The van der Waals surface area contributed by atoms with Gasteiger partial charge in [0.2, 0.25) is 5.82 Å². The van der Waals surface area contributed by atoms with E-state index in [-0.39, 0.29) is 11.2 Å². The summed E-state index contributed by atoms with van der Waals surface area (Å²) in [7, 11) is 0. The molecule has 5 nitrogen and oxygen atoms in total. The molecule has 16 heavy (non-hydrogen) atoms. The van der Waals surface area contributed by atoms with E-state index in [2.05, 4.69) is 22.5 Å². The first-order valence-electron chi connectivity index (χ1n) is 5.13. The van der Waals surface area contributed by atoms with Gasteiger partial charge in [-0.2, -0.15) is 0 Å². The molecule has 2 rings (SSSR count). The lowest BCUT2D eigenvalue weighted by Gasteiger charge is -2.25. The Balaban J connectivity index is 2.24. The van der Waals surface area contributed by atoms with Crippen LogP contribution < -0.4 is 5.32 Å². The summed E-state index contributed by atoms with van der Waals surface area (Å²) in [5.74, 6) is 0.346. The lowest BCUT2D eigenvalue weighted by molar-refractivity contribution is -0.384. The van der Waals surface area contributed by atoms with Crippen molar-refractivity contribution >= 4 is 11.5 Å². The Morgan fingerprint density at radius 3 is 2.81 bits per heavy atom. The largest absolute Gasteiger partial charge is 0.359 e. The molecule has 5 heteroatoms. The number of nitrogens with one attached hydrogen (secondary N) is 1. The minimum Gasteiger partial charge on any atom is -0.359 e. The van der Waals surface area contributed by atoms with Gasteiger partial charge in [-0.1, -0.05) is 12.2 Å². The highest BCUT2D eigenvalue weighted by Gasteiger charge is 2.28. The summed E-state index contributed by atoms with van der Waals surface area (Å²) < 4.78 is 0. The molecule has 0 bridgehead atoms. The highest BCUT2D eigenvalue weighted by Crippen LogP contribution is 2.30. The van der Waals surface area contributed by atoms with E-state index in [1.807, 2.05) is 6.92 Å². The number of hydrogen-bond donors (Lipinski definition) is 1. The van der Waals surface area contributed by atoms with Crippen LogP contribution in [0.5, 0.6) is 0 Å². The van der Waals surface area contributed by atoms with E-state index in [9.17, 15) is 10.1 Å². The Morgan fingerprint density at radius 2 is 2.19 bits per heavy atom. The van der Waals surface area contributed by atoms with Gasteiger partial charge in [0.15, 0.2) is 0 Å². The molecular formula is C11H13N3O2. The highest BCUT2D eigenvalue weighted by atomic mass is 16.6. The summed E-state index contributed by atoms with van der Waals surface area (Å²) in [6.45, 7) is 2.03. The van der Waals surface area contributed by atoms with Crippen LogP contribution in [0.4, 0.5) is 11.5 Å². The molecule has 0 spiro atoms. The highest BCUT2D eigenvalue weighted by molar-refractivity contribution is 5.56. The van der Waals surface area contributed by atoms with Crippen molar-refractivity contribution < 1.29 is 4.92 Å². The Morgan fingerprint density at radius 1 is 1.50 bits per heavy atom. The second-order valence-corrected chi connectivity index (χ2v) is 4.19. The predicted molar refractivity (Wildman–Crippen MR) is 61.3 cm³/mol. The van der Waals surface area contributed by atoms with Gasteiger partial charge in [0.25, 0.3) is 0 Å². The monoisotopic (exact) mass is 219 g/mol. The summed E-state index contributed by atoms with van der Waals surface area (Å²) in [5.41, 5.74) is -0.130. The third kappa shape index (κ3) is 2.03. The summed E-state index contributed by atoms with van der Waals surface area (Å²) in [6, 6.07) is 3.03. The minimum absolute atomic E-state index is 0.0237. The lowest BCUT2D eigenvalue weighted by atomic mass is 10.00. The van der Waals surface area contributed by atoms with E-state index in [0.29, 0.717) is 5.82 Å². The second-order valence-electron chi connectivity index (χ2n) is 4.19. The molecule has 0 radical (unpaired) electrons. The van der Waals surface area contributed by atoms with Gasteiger partial charge in [-0.25, -0.2) is 4.98 Å². The number of nitro groups is 1. The molecule has 1 aromatic rings. The Labute approximate surface area is 93.3 Å². The maximum Gasteiger partial charge on any atom is 0.311 e. The van der Waals surface area contributed by atoms with Gasteiger partial charge in [0, 0.05) is 17.8 Å². The molecular weight excluding hydrogens is 206 g/mol. The quantitative estimate of drug-likeness (QED) is 0.482. The maximum atomic E-state index is 10.8. The van der Waals surface area contributed by atoms with Crippen molar-refractivity contribution in [2.24, 2.45) is 0 Å². The molecule has 0 saturated heterocycles. The molecule has 0 aromatic carbocycles. The van der Waals surface area contributed by atoms with Crippen LogP contribution in [-0.4, -0.2) is 15.4 Å². The van der Waals surface area contributed by atoms with Crippen molar-refractivity contribution in [3.05, 3.63) is 40.6 Å². The summed E-state index contributed by atoms with van der Waals surface area (Å²) in [4.78, 5) is 14.4. The summed E-state index contributed by atoms with van der Waals surface area (Å²) in [5, 5.41) is 14.0. The fourth-order valence-corrected chi connectivity index (χ4v) is 1.80. The molecule has 1 N–H and O–H groups in total. The molecule has 1 aliphatic rings. The first-order chi connectivity index (χ1) is 7.61. The minimum atomic E-state index is -0.416. The fraction of sp³-hybridized carbons (Fsp3) is 0.364. The zero-order valence-corrected chi connectivity index (χ0v) is 9.01. The van der Waals surface area contributed by atoms with E-state index in [1.54, 1.807) is 12.3 Å². The normalized spacial score (nSPS) is 17.3. The molecule has 84 valence electrons. The van der Waals surface area contributed by atoms with E-state index in [1.165, 1.54) is 6.07 Å². The first kappa shape index (κ1) is 10.6. The van der Waals surface area contributed by atoms with Crippen LogP contribution in [0.1, 0.15) is 19.8 Å². The zero-order chi connectivity index (χ0) is 11.6. The molecule has 0 aliphatic heterocycles. The molecule has 0 fully saturated rings. The van der Waals surface area contributed by atoms with Crippen molar-refractivity contribution in [1.29, 1.82) is 0 Å². The Hall–Kier alpha value is -1.91. The molecule has 0 amide bonds. The van der Waals surface area contributed by atoms with Crippen LogP contribution in [0.2, 0.25) is 0 Å².